The van der Waals surface area contributed by atoms with E-state index in [1.165, 1.54) is 62.3 Å². The molecule has 3 rings (SSSR count). The van der Waals surface area contributed by atoms with Crippen LogP contribution in [0.5, 0.6) is 0 Å². The van der Waals surface area contributed by atoms with E-state index in [0.717, 1.165) is 6.04 Å². The molecule has 2 nitrogen and oxygen atoms in total. The summed E-state index contributed by atoms with van der Waals surface area (Å²) >= 11 is 0. The highest BCUT2D eigenvalue weighted by Gasteiger charge is 2.28. The van der Waals surface area contributed by atoms with Crippen LogP contribution in [0, 0.1) is 6.92 Å². The molecule has 20 heavy (non-hydrogen) atoms. The van der Waals surface area contributed by atoms with Gasteiger partial charge in [-0.15, -0.1) is 0 Å². The third-order valence-electron chi connectivity index (χ3n) is 5.13. The lowest BCUT2D eigenvalue weighted by atomic mass is 9.91. The molecular weight excluding hydrogens is 244 g/mol. The van der Waals surface area contributed by atoms with Crippen LogP contribution in [0.15, 0.2) is 18.2 Å². The molecule has 1 heterocycles. The Morgan fingerprint density at radius 1 is 1.05 bits per heavy atom. The van der Waals surface area contributed by atoms with Crippen molar-refractivity contribution in [2.45, 2.75) is 52.0 Å². The normalized spacial score (nSPS) is 21.3. The molecule has 0 atom stereocenters. The fraction of sp³-hybridized carbons (Fsp3) is 0.667. The van der Waals surface area contributed by atoms with E-state index in [4.69, 9.17) is 0 Å². The molecular formula is C18H28N2. The van der Waals surface area contributed by atoms with Crippen molar-refractivity contribution in [1.82, 2.24) is 4.90 Å². The largest absolute Gasteiger partial charge is 0.369 e. The van der Waals surface area contributed by atoms with E-state index in [9.17, 15) is 0 Å². The van der Waals surface area contributed by atoms with Crippen molar-refractivity contribution in [3.8, 4) is 0 Å². The summed E-state index contributed by atoms with van der Waals surface area (Å²) < 4.78 is 0. The van der Waals surface area contributed by atoms with Gasteiger partial charge in [0.25, 0.3) is 0 Å². The molecule has 0 unspecified atom stereocenters. The average Bonchev–Trinajstić information content (AvgIpc) is 2.37. The highest BCUT2D eigenvalue weighted by atomic mass is 15.3. The Bertz CT molecular complexity index is 454. The van der Waals surface area contributed by atoms with Gasteiger partial charge in [0.05, 0.1) is 0 Å². The first kappa shape index (κ1) is 13.9. The summed E-state index contributed by atoms with van der Waals surface area (Å²) in [6, 6.07) is 7.93. The zero-order valence-corrected chi connectivity index (χ0v) is 13.2. The standard InChI is InChI=1S/C18H28N2/c1-14(2)16-7-8-18(15(3)13-16)20-11-9-19(10-12-20)17-5-4-6-17/h7-8,13-14,17H,4-6,9-12H2,1-3H3. The molecule has 0 radical (unpaired) electrons. The third kappa shape index (κ3) is 2.71. The van der Waals surface area contributed by atoms with Crippen LogP contribution in [0.3, 0.4) is 0 Å². The summed E-state index contributed by atoms with van der Waals surface area (Å²) in [5.74, 6) is 0.623. The summed E-state index contributed by atoms with van der Waals surface area (Å²) in [7, 11) is 0. The summed E-state index contributed by atoms with van der Waals surface area (Å²) in [4.78, 5) is 5.28. The molecule has 2 heteroatoms. The highest BCUT2D eigenvalue weighted by molar-refractivity contribution is 5.55. The number of nitrogens with zero attached hydrogens (tertiary/aromatic N) is 2. The van der Waals surface area contributed by atoms with Crippen LogP contribution >= 0.6 is 0 Å². The molecule has 2 aliphatic rings. The van der Waals surface area contributed by atoms with Gasteiger partial charge < -0.3 is 4.90 Å². The summed E-state index contributed by atoms with van der Waals surface area (Å²) in [6.07, 6.45) is 4.31. The molecule has 0 amide bonds. The molecule has 0 bridgehead atoms. The van der Waals surface area contributed by atoms with Gasteiger partial charge in [-0.05, 0) is 42.9 Å². The molecule has 2 fully saturated rings. The lowest BCUT2D eigenvalue weighted by molar-refractivity contribution is 0.120. The van der Waals surface area contributed by atoms with Crippen molar-refractivity contribution in [3.63, 3.8) is 0 Å². The Kier molecular flexibility index (Phi) is 4.02. The van der Waals surface area contributed by atoms with Gasteiger partial charge in [0, 0.05) is 37.9 Å². The van der Waals surface area contributed by atoms with Gasteiger partial charge in [0.1, 0.15) is 0 Å². The van der Waals surface area contributed by atoms with Crippen molar-refractivity contribution in [2.24, 2.45) is 0 Å². The number of anilines is 1. The molecule has 110 valence electrons. The van der Waals surface area contributed by atoms with Crippen LogP contribution in [-0.2, 0) is 0 Å². The second-order valence-corrected chi connectivity index (χ2v) is 6.81. The monoisotopic (exact) mass is 272 g/mol. The van der Waals surface area contributed by atoms with Crippen molar-refractivity contribution in [2.75, 3.05) is 31.1 Å². The molecule has 1 aromatic rings. The Labute approximate surface area is 123 Å². The lowest BCUT2D eigenvalue weighted by Crippen LogP contribution is -2.52. The van der Waals surface area contributed by atoms with Crippen LogP contribution in [0.4, 0.5) is 5.69 Å². The minimum absolute atomic E-state index is 0.623. The molecule has 1 aliphatic heterocycles. The zero-order valence-electron chi connectivity index (χ0n) is 13.2. The van der Waals surface area contributed by atoms with Gasteiger partial charge in [-0.2, -0.15) is 0 Å². The number of piperazine rings is 1. The predicted molar refractivity (Wildman–Crippen MR) is 86.7 cm³/mol. The van der Waals surface area contributed by atoms with E-state index in [0.29, 0.717) is 5.92 Å². The van der Waals surface area contributed by atoms with Crippen molar-refractivity contribution < 1.29 is 0 Å². The van der Waals surface area contributed by atoms with Crippen LogP contribution in [0.25, 0.3) is 0 Å². The van der Waals surface area contributed by atoms with E-state index >= 15 is 0 Å². The van der Waals surface area contributed by atoms with Crippen LogP contribution in [0.1, 0.15) is 50.2 Å². The van der Waals surface area contributed by atoms with Crippen molar-refractivity contribution in [3.05, 3.63) is 29.3 Å². The Balaban J connectivity index is 1.65. The van der Waals surface area contributed by atoms with E-state index < -0.39 is 0 Å². The number of benzene rings is 1. The smallest absolute Gasteiger partial charge is 0.0397 e. The van der Waals surface area contributed by atoms with E-state index in [1.807, 2.05) is 0 Å². The Morgan fingerprint density at radius 2 is 1.75 bits per heavy atom. The maximum absolute atomic E-state index is 2.71. The van der Waals surface area contributed by atoms with Gasteiger partial charge in [0.2, 0.25) is 0 Å². The second-order valence-electron chi connectivity index (χ2n) is 6.81. The molecule has 0 spiro atoms. The van der Waals surface area contributed by atoms with Crippen LogP contribution in [-0.4, -0.2) is 37.1 Å². The van der Waals surface area contributed by atoms with Gasteiger partial charge >= 0.3 is 0 Å². The zero-order chi connectivity index (χ0) is 14.1. The fourth-order valence-electron chi connectivity index (χ4n) is 3.47. The quantitative estimate of drug-likeness (QED) is 0.826. The van der Waals surface area contributed by atoms with Crippen LogP contribution in [0.2, 0.25) is 0 Å². The van der Waals surface area contributed by atoms with Crippen molar-refractivity contribution in [1.29, 1.82) is 0 Å². The van der Waals surface area contributed by atoms with Gasteiger partial charge in [-0.1, -0.05) is 32.4 Å². The summed E-state index contributed by atoms with van der Waals surface area (Å²) in [6.45, 7) is 11.7. The van der Waals surface area contributed by atoms with E-state index in [1.54, 1.807) is 0 Å². The highest BCUT2D eigenvalue weighted by Crippen LogP contribution is 2.29. The predicted octanol–water partition coefficient (Wildman–Crippen LogP) is 3.79. The van der Waals surface area contributed by atoms with Gasteiger partial charge in [0.15, 0.2) is 0 Å². The number of rotatable bonds is 3. The maximum atomic E-state index is 2.71. The first-order valence-electron chi connectivity index (χ1n) is 8.24. The van der Waals surface area contributed by atoms with Crippen LogP contribution < -0.4 is 4.90 Å². The summed E-state index contributed by atoms with van der Waals surface area (Å²) in [5, 5.41) is 0. The van der Waals surface area contributed by atoms with Gasteiger partial charge in [-0.25, -0.2) is 0 Å². The molecule has 0 N–H and O–H groups in total. The molecule has 1 saturated carbocycles. The number of hydrogen-bond acceptors (Lipinski definition) is 2. The number of hydrogen-bond donors (Lipinski definition) is 0. The second kappa shape index (κ2) is 5.77. The molecule has 1 aromatic carbocycles. The van der Waals surface area contributed by atoms with Gasteiger partial charge in [-0.3, -0.25) is 4.90 Å². The minimum atomic E-state index is 0.623. The van der Waals surface area contributed by atoms with E-state index in [-0.39, 0.29) is 0 Å². The lowest BCUT2D eigenvalue weighted by Gasteiger charge is -2.44. The topological polar surface area (TPSA) is 6.48 Å². The van der Waals surface area contributed by atoms with E-state index in [2.05, 4.69) is 48.8 Å². The Hall–Kier alpha value is -1.02. The Morgan fingerprint density at radius 3 is 2.25 bits per heavy atom. The number of aryl methyl sites for hydroxylation is 1. The average molecular weight is 272 g/mol. The molecule has 1 saturated heterocycles. The van der Waals surface area contributed by atoms with Crippen molar-refractivity contribution >= 4 is 5.69 Å². The maximum Gasteiger partial charge on any atom is 0.0397 e. The molecule has 1 aliphatic carbocycles. The third-order valence-corrected chi connectivity index (χ3v) is 5.13. The molecule has 0 aromatic heterocycles. The minimum Gasteiger partial charge on any atom is -0.369 e. The fourth-order valence-corrected chi connectivity index (χ4v) is 3.47. The first-order valence-corrected chi connectivity index (χ1v) is 8.24. The SMILES string of the molecule is Cc1cc(C(C)C)ccc1N1CCN(C2CCC2)CC1. The first-order chi connectivity index (χ1) is 9.65. The summed E-state index contributed by atoms with van der Waals surface area (Å²) in [5.41, 5.74) is 4.34.